The molecule has 1 atom stereocenters. The molecule has 0 spiro atoms. The molecule has 1 aliphatic rings. The summed E-state index contributed by atoms with van der Waals surface area (Å²) in [6.45, 7) is 4.49. The normalized spacial score (nSPS) is 19.8. The van der Waals surface area contributed by atoms with Gasteiger partial charge in [0, 0.05) is 30.2 Å². The van der Waals surface area contributed by atoms with Crippen molar-refractivity contribution in [3.63, 3.8) is 0 Å². The molecule has 1 saturated heterocycles. The van der Waals surface area contributed by atoms with E-state index in [9.17, 15) is 0 Å². The molecule has 0 saturated carbocycles. The summed E-state index contributed by atoms with van der Waals surface area (Å²) in [5.74, 6) is 1.14. The first kappa shape index (κ1) is 13.8. The van der Waals surface area contributed by atoms with Crippen LogP contribution in [0.1, 0.15) is 26.2 Å². The standard InChI is InChI=1S/C15H24N2S/c1-3-18-15-9-7-14(8-10-15)17(2)12-13-6-4-5-11-16-13/h7-10,13,16H,3-6,11-12H2,1-2H3. The lowest BCUT2D eigenvalue weighted by Gasteiger charge is -2.29. The Bertz CT molecular complexity index is 344. The van der Waals surface area contributed by atoms with E-state index in [1.165, 1.54) is 36.4 Å². The highest BCUT2D eigenvalue weighted by Gasteiger charge is 2.14. The molecule has 3 heteroatoms. The third-order valence-electron chi connectivity index (χ3n) is 3.50. The molecule has 1 unspecified atom stereocenters. The molecule has 0 aliphatic carbocycles. The molecule has 2 rings (SSSR count). The minimum atomic E-state index is 0.661. The predicted octanol–water partition coefficient (Wildman–Crippen LogP) is 3.38. The van der Waals surface area contributed by atoms with Gasteiger partial charge in [-0.15, -0.1) is 11.8 Å². The third-order valence-corrected chi connectivity index (χ3v) is 4.39. The smallest absolute Gasteiger partial charge is 0.0364 e. The van der Waals surface area contributed by atoms with E-state index in [2.05, 4.69) is 48.5 Å². The maximum atomic E-state index is 3.61. The Hall–Kier alpha value is -0.670. The fourth-order valence-electron chi connectivity index (χ4n) is 2.48. The van der Waals surface area contributed by atoms with Gasteiger partial charge in [-0.2, -0.15) is 0 Å². The van der Waals surface area contributed by atoms with E-state index in [-0.39, 0.29) is 0 Å². The summed E-state index contributed by atoms with van der Waals surface area (Å²) in [6, 6.07) is 9.60. The number of likely N-dealkylation sites (N-methyl/N-ethyl adjacent to an activating group) is 1. The molecule has 0 bridgehead atoms. The molecule has 1 aromatic carbocycles. The molecule has 1 aromatic rings. The van der Waals surface area contributed by atoms with Gasteiger partial charge in [-0.05, 0) is 49.4 Å². The number of thioether (sulfide) groups is 1. The fraction of sp³-hybridized carbons (Fsp3) is 0.600. The number of nitrogens with one attached hydrogen (secondary N) is 1. The zero-order chi connectivity index (χ0) is 12.8. The maximum Gasteiger partial charge on any atom is 0.0364 e. The van der Waals surface area contributed by atoms with E-state index in [0.717, 1.165) is 12.3 Å². The number of hydrogen-bond acceptors (Lipinski definition) is 3. The predicted molar refractivity (Wildman–Crippen MR) is 81.8 cm³/mol. The van der Waals surface area contributed by atoms with E-state index >= 15 is 0 Å². The zero-order valence-corrected chi connectivity index (χ0v) is 12.3. The third kappa shape index (κ3) is 3.92. The van der Waals surface area contributed by atoms with Crippen molar-refractivity contribution in [3.05, 3.63) is 24.3 Å². The number of benzene rings is 1. The lowest BCUT2D eigenvalue weighted by molar-refractivity contribution is 0.403. The van der Waals surface area contributed by atoms with Gasteiger partial charge in [0.05, 0.1) is 0 Å². The van der Waals surface area contributed by atoms with Crippen LogP contribution in [0.2, 0.25) is 0 Å². The molecule has 1 fully saturated rings. The van der Waals surface area contributed by atoms with Gasteiger partial charge < -0.3 is 10.2 Å². The van der Waals surface area contributed by atoms with Gasteiger partial charge >= 0.3 is 0 Å². The van der Waals surface area contributed by atoms with Crippen molar-refractivity contribution in [3.8, 4) is 0 Å². The van der Waals surface area contributed by atoms with Crippen LogP contribution in [0.3, 0.4) is 0 Å². The monoisotopic (exact) mass is 264 g/mol. The molecule has 1 aliphatic heterocycles. The van der Waals surface area contributed by atoms with E-state index in [0.29, 0.717) is 6.04 Å². The highest BCUT2D eigenvalue weighted by Crippen LogP contribution is 2.22. The van der Waals surface area contributed by atoms with E-state index in [4.69, 9.17) is 0 Å². The van der Waals surface area contributed by atoms with Crippen molar-refractivity contribution in [1.29, 1.82) is 0 Å². The summed E-state index contributed by atoms with van der Waals surface area (Å²) in [5.41, 5.74) is 1.32. The van der Waals surface area contributed by atoms with Gasteiger partial charge in [0.1, 0.15) is 0 Å². The molecule has 0 amide bonds. The average Bonchev–Trinajstić information content (AvgIpc) is 2.41. The Kier molecular flexibility index (Phi) is 5.39. The highest BCUT2D eigenvalue weighted by molar-refractivity contribution is 7.99. The minimum Gasteiger partial charge on any atom is -0.373 e. The first-order valence-corrected chi connectivity index (χ1v) is 7.95. The second-order valence-corrected chi connectivity index (χ2v) is 6.29. The van der Waals surface area contributed by atoms with Gasteiger partial charge in [0.2, 0.25) is 0 Å². The number of piperidine rings is 1. The zero-order valence-electron chi connectivity index (χ0n) is 11.5. The van der Waals surface area contributed by atoms with E-state index in [1.807, 2.05) is 11.8 Å². The topological polar surface area (TPSA) is 15.3 Å². The van der Waals surface area contributed by atoms with Crippen molar-refractivity contribution >= 4 is 17.4 Å². The van der Waals surface area contributed by atoms with Crippen molar-refractivity contribution in [2.24, 2.45) is 0 Å². The first-order valence-electron chi connectivity index (χ1n) is 6.97. The van der Waals surface area contributed by atoms with Gasteiger partial charge in [0.25, 0.3) is 0 Å². The summed E-state index contributed by atoms with van der Waals surface area (Å²) >= 11 is 1.90. The highest BCUT2D eigenvalue weighted by atomic mass is 32.2. The lowest BCUT2D eigenvalue weighted by atomic mass is 10.0. The summed E-state index contributed by atoms with van der Waals surface area (Å²) in [7, 11) is 2.19. The Labute approximate surface area is 115 Å². The van der Waals surface area contributed by atoms with Crippen LogP contribution in [0, 0.1) is 0 Å². The Morgan fingerprint density at radius 3 is 2.67 bits per heavy atom. The van der Waals surface area contributed by atoms with Gasteiger partial charge in [-0.25, -0.2) is 0 Å². The molecule has 0 aromatic heterocycles. The minimum absolute atomic E-state index is 0.661. The molecule has 0 radical (unpaired) electrons. The summed E-state index contributed by atoms with van der Waals surface area (Å²) in [6.07, 6.45) is 4.02. The van der Waals surface area contributed by atoms with Crippen LogP contribution in [-0.2, 0) is 0 Å². The van der Waals surface area contributed by atoms with Gasteiger partial charge in [-0.1, -0.05) is 13.3 Å². The first-order chi connectivity index (χ1) is 8.79. The molecular weight excluding hydrogens is 240 g/mol. The molecule has 1 heterocycles. The molecule has 1 N–H and O–H groups in total. The van der Waals surface area contributed by atoms with Crippen molar-refractivity contribution in [1.82, 2.24) is 5.32 Å². The molecule has 100 valence electrons. The summed E-state index contributed by atoms with van der Waals surface area (Å²) in [5, 5.41) is 3.61. The summed E-state index contributed by atoms with van der Waals surface area (Å²) < 4.78 is 0. The number of nitrogens with zero attached hydrogens (tertiary/aromatic N) is 1. The number of anilines is 1. The average molecular weight is 264 g/mol. The van der Waals surface area contributed by atoms with Gasteiger partial charge in [0.15, 0.2) is 0 Å². The maximum absolute atomic E-state index is 3.61. The quantitative estimate of drug-likeness (QED) is 0.821. The fourth-order valence-corrected chi connectivity index (χ4v) is 3.14. The van der Waals surface area contributed by atoms with E-state index in [1.54, 1.807) is 0 Å². The number of rotatable bonds is 5. The van der Waals surface area contributed by atoms with Crippen LogP contribution in [0.15, 0.2) is 29.2 Å². The lowest BCUT2D eigenvalue weighted by Crippen LogP contribution is -2.42. The molecule has 2 nitrogen and oxygen atoms in total. The summed E-state index contributed by atoms with van der Waals surface area (Å²) in [4.78, 5) is 3.73. The van der Waals surface area contributed by atoms with Crippen LogP contribution >= 0.6 is 11.8 Å². The van der Waals surface area contributed by atoms with Crippen LogP contribution in [-0.4, -0.2) is 31.9 Å². The van der Waals surface area contributed by atoms with Crippen LogP contribution in [0.25, 0.3) is 0 Å². The largest absolute Gasteiger partial charge is 0.373 e. The van der Waals surface area contributed by atoms with E-state index < -0.39 is 0 Å². The Balaban J connectivity index is 1.89. The molecule has 18 heavy (non-hydrogen) atoms. The number of hydrogen-bond donors (Lipinski definition) is 1. The van der Waals surface area contributed by atoms with Gasteiger partial charge in [-0.3, -0.25) is 0 Å². The van der Waals surface area contributed by atoms with Crippen LogP contribution in [0.4, 0.5) is 5.69 Å². The van der Waals surface area contributed by atoms with Crippen molar-refractivity contribution in [2.75, 3.05) is 30.8 Å². The Morgan fingerprint density at radius 1 is 1.28 bits per heavy atom. The van der Waals surface area contributed by atoms with Crippen molar-refractivity contribution in [2.45, 2.75) is 37.1 Å². The van der Waals surface area contributed by atoms with Crippen LogP contribution in [0.5, 0.6) is 0 Å². The second-order valence-electron chi connectivity index (χ2n) is 4.95. The molecular formula is C15H24N2S. The van der Waals surface area contributed by atoms with Crippen LogP contribution < -0.4 is 10.2 Å². The van der Waals surface area contributed by atoms with Crippen molar-refractivity contribution < 1.29 is 0 Å². The SMILES string of the molecule is CCSc1ccc(N(C)CC2CCCCN2)cc1. The second kappa shape index (κ2) is 7.05. The Morgan fingerprint density at radius 2 is 2.06 bits per heavy atom.